The number of aliphatic carboxylic acids is 1. The third-order valence-corrected chi connectivity index (χ3v) is 5.12. The Morgan fingerprint density at radius 3 is 2.23 bits per heavy atom. The van der Waals surface area contributed by atoms with Crippen LogP contribution in [0.5, 0.6) is 0 Å². The number of hydrogen-bond donors (Lipinski definition) is 1. The highest BCUT2D eigenvalue weighted by atomic mass is 79.9. The molecule has 1 aromatic heterocycles. The van der Waals surface area contributed by atoms with E-state index in [9.17, 15) is 22.4 Å². The van der Waals surface area contributed by atoms with Gasteiger partial charge in [-0.15, -0.1) is 0 Å². The molecule has 170 valence electrons. The SMILES string of the molecule is Cn1cc(Br)c(C(=O)N2CCN(CCc3ccccc3F)CC2)n1.O=C(O)C(F)(F)F. The summed E-state index contributed by atoms with van der Waals surface area (Å²) in [6.07, 6.45) is -2.62. The molecule has 3 rings (SSSR count). The van der Waals surface area contributed by atoms with Crippen LogP contribution in [0.25, 0.3) is 0 Å². The molecule has 0 aliphatic carbocycles. The number of alkyl halides is 3. The average molecular weight is 509 g/mol. The van der Waals surface area contributed by atoms with Crippen molar-refractivity contribution in [2.45, 2.75) is 12.6 Å². The van der Waals surface area contributed by atoms with E-state index in [1.54, 1.807) is 24.0 Å². The first-order valence-electron chi connectivity index (χ1n) is 9.23. The molecule has 1 aliphatic heterocycles. The Hall–Kier alpha value is -2.47. The minimum Gasteiger partial charge on any atom is -0.475 e. The van der Waals surface area contributed by atoms with Crippen LogP contribution in [0.2, 0.25) is 0 Å². The zero-order chi connectivity index (χ0) is 23.2. The van der Waals surface area contributed by atoms with Gasteiger partial charge in [-0.3, -0.25) is 14.4 Å². The molecule has 0 atom stereocenters. The van der Waals surface area contributed by atoms with Crippen molar-refractivity contribution in [2.24, 2.45) is 7.05 Å². The Balaban J connectivity index is 0.000000423. The van der Waals surface area contributed by atoms with Crippen molar-refractivity contribution >= 4 is 27.8 Å². The smallest absolute Gasteiger partial charge is 0.475 e. The maximum Gasteiger partial charge on any atom is 0.490 e. The number of hydrogen-bond acceptors (Lipinski definition) is 4. The summed E-state index contributed by atoms with van der Waals surface area (Å²) in [6.45, 7) is 3.73. The van der Waals surface area contributed by atoms with Gasteiger partial charge in [-0.2, -0.15) is 18.3 Å². The zero-order valence-electron chi connectivity index (χ0n) is 16.6. The molecule has 0 unspecified atom stereocenters. The van der Waals surface area contributed by atoms with Crippen LogP contribution in [0.15, 0.2) is 34.9 Å². The van der Waals surface area contributed by atoms with E-state index >= 15 is 0 Å². The molecule has 1 aromatic carbocycles. The molecule has 1 saturated heterocycles. The third-order valence-electron chi connectivity index (χ3n) is 4.54. The molecule has 0 radical (unpaired) electrons. The van der Waals surface area contributed by atoms with E-state index in [1.165, 1.54) is 6.07 Å². The maximum absolute atomic E-state index is 13.7. The Kier molecular flexibility index (Phi) is 8.57. The third kappa shape index (κ3) is 7.31. The number of nitrogens with zero attached hydrogens (tertiary/aromatic N) is 4. The normalized spacial score (nSPS) is 14.7. The van der Waals surface area contributed by atoms with Crippen LogP contribution in [-0.2, 0) is 18.3 Å². The van der Waals surface area contributed by atoms with Crippen LogP contribution in [-0.4, -0.2) is 75.5 Å². The first kappa shape index (κ1) is 24.8. The number of carboxylic acid groups (broad SMARTS) is 1. The monoisotopic (exact) mass is 508 g/mol. The predicted octanol–water partition coefficient (Wildman–Crippen LogP) is 2.96. The number of amides is 1. The lowest BCUT2D eigenvalue weighted by Crippen LogP contribution is -2.49. The van der Waals surface area contributed by atoms with Crippen molar-refractivity contribution in [1.29, 1.82) is 0 Å². The number of aryl methyl sites for hydroxylation is 1. The number of halogens is 5. The second kappa shape index (κ2) is 10.7. The summed E-state index contributed by atoms with van der Waals surface area (Å²) in [6, 6.07) is 6.89. The number of benzene rings is 1. The van der Waals surface area contributed by atoms with Crippen LogP contribution in [0.3, 0.4) is 0 Å². The lowest BCUT2D eigenvalue weighted by atomic mass is 10.1. The molecule has 0 bridgehead atoms. The highest BCUT2D eigenvalue weighted by Crippen LogP contribution is 2.17. The highest BCUT2D eigenvalue weighted by Gasteiger charge is 2.38. The van der Waals surface area contributed by atoms with Gasteiger partial charge in [0, 0.05) is 46.0 Å². The van der Waals surface area contributed by atoms with Gasteiger partial charge in [-0.25, -0.2) is 9.18 Å². The second-order valence-electron chi connectivity index (χ2n) is 6.78. The van der Waals surface area contributed by atoms with Gasteiger partial charge in [0.25, 0.3) is 5.91 Å². The molecule has 1 fully saturated rings. The van der Waals surface area contributed by atoms with Crippen LogP contribution in [0.4, 0.5) is 17.6 Å². The van der Waals surface area contributed by atoms with Gasteiger partial charge in [0.15, 0.2) is 5.69 Å². The van der Waals surface area contributed by atoms with Gasteiger partial charge in [0.2, 0.25) is 0 Å². The van der Waals surface area contributed by atoms with E-state index in [-0.39, 0.29) is 11.7 Å². The molecule has 1 amide bonds. The van der Waals surface area contributed by atoms with E-state index in [0.29, 0.717) is 25.2 Å². The first-order chi connectivity index (χ1) is 14.5. The van der Waals surface area contributed by atoms with Crippen LogP contribution >= 0.6 is 15.9 Å². The minimum absolute atomic E-state index is 0.0452. The van der Waals surface area contributed by atoms with Gasteiger partial charge < -0.3 is 10.0 Å². The quantitative estimate of drug-likeness (QED) is 0.642. The van der Waals surface area contributed by atoms with E-state index in [0.717, 1.165) is 29.7 Å². The fourth-order valence-corrected chi connectivity index (χ4v) is 3.45. The van der Waals surface area contributed by atoms with Crippen LogP contribution < -0.4 is 0 Å². The van der Waals surface area contributed by atoms with Gasteiger partial charge in [-0.05, 0) is 34.0 Å². The summed E-state index contributed by atoms with van der Waals surface area (Å²) in [4.78, 5) is 25.5. The Morgan fingerprint density at radius 1 is 1.16 bits per heavy atom. The summed E-state index contributed by atoms with van der Waals surface area (Å²) >= 11 is 3.38. The fourth-order valence-electron chi connectivity index (χ4n) is 2.91. The lowest BCUT2D eigenvalue weighted by molar-refractivity contribution is -0.192. The number of carbonyl (C=O) groups excluding carboxylic acids is 1. The number of piperazine rings is 1. The highest BCUT2D eigenvalue weighted by molar-refractivity contribution is 9.10. The second-order valence-corrected chi connectivity index (χ2v) is 7.63. The molecule has 1 N–H and O–H groups in total. The summed E-state index contributed by atoms with van der Waals surface area (Å²) in [5.41, 5.74) is 1.20. The van der Waals surface area contributed by atoms with E-state index in [4.69, 9.17) is 9.90 Å². The van der Waals surface area contributed by atoms with Gasteiger partial charge in [-0.1, -0.05) is 18.2 Å². The summed E-state index contributed by atoms with van der Waals surface area (Å²) < 4.78 is 47.7. The molecular formula is C19H21BrF4N4O3. The van der Waals surface area contributed by atoms with Crippen LogP contribution in [0, 0.1) is 5.82 Å². The first-order valence-corrected chi connectivity index (χ1v) is 10.0. The van der Waals surface area contributed by atoms with Crippen molar-refractivity contribution in [3.63, 3.8) is 0 Å². The number of carbonyl (C=O) groups is 2. The molecule has 2 aromatic rings. The molecule has 12 heteroatoms. The zero-order valence-corrected chi connectivity index (χ0v) is 18.2. The van der Waals surface area contributed by atoms with Gasteiger partial charge in [0.1, 0.15) is 5.82 Å². The molecule has 7 nitrogen and oxygen atoms in total. The molecule has 1 aliphatic rings. The molecular weight excluding hydrogens is 488 g/mol. The van der Waals surface area contributed by atoms with E-state index in [2.05, 4.69) is 25.9 Å². The van der Waals surface area contributed by atoms with E-state index in [1.807, 2.05) is 17.0 Å². The summed E-state index contributed by atoms with van der Waals surface area (Å²) in [5.74, 6) is -2.95. The largest absolute Gasteiger partial charge is 0.490 e. The van der Waals surface area contributed by atoms with Gasteiger partial charge in [0.05, 0.1) is 4.47 Å². The standard InChI is InChI=1S/C17H20BrFN4O.C2HF3O2/c1-21-12-14(18)16(20-21)17(24)23-10-8-22(9-11-23)7-6-13-4-2-3-5-15(13)19;3-2(4,5)1(6)7/h2-5,12H,6-11H2,1H3;(H,6,7). The molecule has 0 saturated carbocycles. The van der Waals surface area contributed by atoms with Crippen molar-refractivity contribution in [1.82, 2.24) is 19.6 Å². The number of rotatable bonds is 4. The minimum atomic E-state index is -5.08. The fraction of sp³-hybridized carbons (Fsp3) is 0.421. The average Bonchev–Trinajstić information content (AvgIpc) is 3.05. The van der Waals surface area contributed by atoms with Crippen molar-refractivity contribution in [3.05, 3.63) is 52.0 Å². The van der Waals surface area contributed by atoms with Crippen molar-refractivity contribution < 1.29 is 32.3 Å². The van der Waals surface area contributed by atoms with Crippen molar-refractivity contribution in [3.8, 4) is 0 Å². The van der Waals surface area contributed by atoms with Crippen LogP contribution in [0.1, 0.15) is 16.1 Å². The maximum atomic E-state index is 13.7. The predicted molar refractivity (Wildman–Crippen MR) is 107 cm³/mol. The Labute approximate surface area is 184 Å². The van der Waals surface area contributed by atoms with Gasteiger partial charge >= 0.3 is 12.1 Å². The van der Waals surface area contributed by atoms with Crippen molar-refractivity contribution in [2.75, 3.05) is 32.7 Å². The number of aromatic nitrogens is 2. The summed E-state index contributed by atoms with van der Waals surface area (Å²) in [7, 11) is 1.79. The molecule has 0 spiro atoms. The number of carboxylic acids is 1. The topological polar surface area (TPSA) is 78.7 Å². The van der Waals surface area contributed by atoms with E-state index < -0.39 is 12.1 Å². The molecule has 31 heavy (non-hydrogen) atoms. The molecule has 2 heterocycles. The lowest BCUT2D eigenvalue weighted by Gasteiger charge is -2.34. The Morgan fingerprint density at radius 2 is 1.74 bits per heavy atom. The Bertz CT molecular complexity index is 912. The summed E-state index contributed by atoms with van der Waals surface area (Å²) in [5, 5.41) is 11.3.